The monoisotopic (exact) mass is 358 g/mol. The molecular weight excluding hydrogens is 344 g/mol. The molecule has 0 saturated heterocycles. The number of amides is 1. The third kappa shape index (κ3) is 3.43. The highest BCUT2D eigenvalue weighted by Crippen LogP contribution is 2.27. The predicted molar refractivity (Wildman–Crippen MR) is 91.4 cm³/mol. The first-order valence-corrected chi connectivity index (χ1v) is 8.24. The molecule has 0 spiro atoms. The first-order valence-electron chi connectivity index (χ1n) is 7.26. The second-order valence-electron chi connectivity index (χ2n) is 5.40. The highest BCUT2D eigenvalue weighted by Gasteiger charge is 2.18. The number of hydrogen-bond acceptors (Lipinski definition) is 7. The van der Waals surface area contributed by atoms with Crippen LogP contribution in [0.2, 0.25) is 0 Å². The van der Waals surface area contributed by atoms with Crippen LogP contribution in [-0.4, -0.2) is 30.4 Å². The number of hydrogen-bond donors (Lipinski definition) is 1. The smallest absolute Gasteiger partial charge is 0.274 e. The minimum atomic E-state index is -0.707. The number of nitro benzene ring substituents is 1. The second kappa shape index (κ2) is 6.48. The summed E-state index contributed by atoms with van der Waals surface area (Å²) in [4.78, 5) is 30.5. The van der Waals surface area contributed by atoms with Crippen LogP contribution in [0.4, 0.5) is 5.69 Å². The molecule has 3 aromatic rings. The van der Waals surface area contributed by atoms with Crippen LogP contribution in [0.3, 0.4) is 0 Å². The fourth-order valence-electron chi connectivity index (χ4n) is 2.36. The van der Waals surface area contributed by atoms with Gasteiger partial charge >= 0.3 is 0 Å². The molecule has 2 aromatic heterocycles. The summed E-state index contributed by atoms with van der Waals surface area (Å²) >= 11 is 1.26. The van der Waals surface area contributed by atoms with Crippen molar-refractivity contribution >= 4 is 29.1 Å². The Kier molecular flexibility index (Phi) is 4.36. The molecule has 0 radical (unpaired) electrons. The highest BCUT2D eigenvalue weighted by molar-refractivity contribution is 7.98. The molecule has 25 heavy (non-hydrogen) atoms. The highest BCUT2D eigenvalue weighted by atomic mass is 32.2. The van der Waals surface area contributed by atoms with Crippen LogP contribution in [-0.2, 0) is 5.75 Å². The number of rotatable bonds is 5. The molecule has 10 heteroatoms. The van der Waals surface area contributed by atoms with E-state index in [1.54, 1.807) is 4.52 Å². The van der Waals surface area contributed by atoms with E-state index in [0.717, 1.165) is 11.4 Å². The third-order valence-corrected chi connectivity index (χ3v) is 4.41. The van der Waals surface area contributed by atoms with Crippen LogP contribution in [0.15, 0.2) is 29.4 Å². The summed E-state index contributed by atoms with van der Waals surface area (Å²) in [6, 6.07) is 6.07. The number of carbonyl (C=O) groups is 1. The molecular formula is C15H14N6O3S. The molecule has 2 N–H and O–H groups in total. The average molecular weight is 358 g/mol. The molecule has 0 fully saturated rings. The van der Waals surface area contributed by atoms with Gasteiger partial charge in [0.25, 0.3) is 11.5 Å². The van der Waals surface area contributed by atoms with E-state index in [4.69, 9.17) is 5.73 Å². The topological polar surface area (TPSA) is 129 Å². The van der Waals surface area contributed by atoms with Gasteiger partial charge in [0, 0.05) is 34.3 Å². The maximum Gasteiger partial charge on any atom is 0.274 e. The Morgan fingerprint density at radius 2 is 2.08 bits per heavy atom. The quantitative estimate of drug-likeness (QED) is 0.419. The largest absolute Gasteiger partial charge is 0.366 e. The van der Waals surface area contributed by atoms with E-state index in [0.29, 0.717) is 16.5 Å². The summed E-state index contributed by atoms with van der Waals surface area (Å²) < 4.78 is 1.62. The molecule has 0 aliphatic carbocycles. The van der Waals surface area contributed by atoms with Gasteiger partial charge in [-0.1, -0.05) is 17.8 Å². The molecule has 0 aliphatic rings. The zero-order valence-corrected chi connectivity index (χ0v) is 14.3. The predicted octanol–water partition coefficient (Wildman–Crippen LogP) is 2.04. The molecule has 3 rings (SSSR count). The van der Waals surface area contributed by atoms with E-state index in [9.17, 15) is 14.9 Å². The molecule has 1 amide bonds. The third-order valence-electron chi connectivity index (χ3n) is 3.52. The number of benzene rings is 1. The Labute approximate surface area is 146 Å². The molecule has 0 aliphatic heterocycles. The molecule has 0 unspecified atom stereocenters. The van der Waals surface area contributed by atoms with E-state index in [-0.39, 0.29) is 17.0 Å². The van der Waals surface area contributed by atoms with Crippen molar-refractivity contribution in [2.75, 3.05) is 0 Å². The normalized spacial score (nSPS) is 11.0. The van der Waals surface area contributed by atoms with Gasteiger partial charge in [0.2, 0.25) is 11.1 Å². The number of nitrogens with two attached hydrogens (primary N) is 1. The summed E-state index contributed by atoms with van der Waals surface area (Å²) in [5, 5.41) is 16.0. The number of carbonyl (C=O) groups excluding carboxylic acids is 1. The van der Waals surface area contributed by atoms with Crippen molar-refractivity contribution in [3.8, 4) is 0 Å². The molecule has 1 aromatic carbocycles. The Morgan fingerprint density at radius 3 is 2.76 bits per heavy atom. The summed E-state index contributed by atoms with van der Waals surface area (Å²) in [5.41, 5.74) is 7.31. The van der Waals surface area contributed by atoms with Crippen molar-refractivity contribution in [1.82, 2.24) is 19.6 Å². The van der Waals surface area contributed by atoms with Crippen LogP contribution in [0, 0.1) is 24.0 Å². The average Bonchev–Trinajstić information content (AvgIpc) is 2.95. The Hall–Kier alpha value is -3.01. The molecule has 0 bridgehead atoms. The Balaban J connectivity index is 1.87. The van der Waals surface area contributed by atoms with Crippen LogP contribution >= 0.6 is 11.8 Å². The first kappa shape index (κ1) is 16.8. The van der Waals surface area contributed by atoms with Gasteiger partial charge in [-0.15, -0.1) is 5.10 Å². The fourth-order valence-corrected chi connectivity index (χ4v) is 3.17. The lowest BCUT2D eigenvalue weighted by molar-refractivity contribution is -0.385. The summed E-state index contributed by atoms with van der Waals surface area (Å²) in [6.45, 7) is 3.77. The van der Waals surface area contributed by atoms with E-state index in [2.05, 4.69) is 15.1 Å². The van der Waals surface area contributed by atoms with Crippen molar-refractivity contribution in [3.63, 3.8) is 0 Å². The number of thioether (sulfide) groups is 1. The van der Waals surface area contributed by atoms with E-state index >= 15 is 0 Å². The van der Waals surface area contributed by atoms with E-state index in [1.807, 2.05) is 19.9 Å². The molecule has 9 nitrogen and oxygen atoms in total. The zero-order valence-electron chi connectivity index (χ0n) is 13.5. The van der Waals surface area contributed by atoms with Gasteiger partial charge < -0.3 is 5.73 Å². The number of primary amides is 1. The van der Waals surface area contributed by atoms with Gasteiger partial charge in [-0.3, -0.25) is 14.9 Å². The van der Waals surface area contributed by atoms with Crippen LogP contribution in [0.5, 0.6) is 0 Å². The van der Waals surface area contributed by atoms with Crippen LogP contribution < -0.4 is 5.73 Å². The first-order chi connectivity index (χ1) is 11.8. The van der Waals surface area contributed by atoms with Crippen molar-refractivity contribution in [1.29, 1.82) is 0 Å². The van der Waals surface area contributed by atoms with Gasteiger partial charge in [0.15, 0.2) is 0 Å². The maximum atomic E-state index is 11.2. The molecule has 128 valence electrons. The molecule has 0 saturated carbocycles. The van der Waals surface area contributed by atoms with E-state index < -0.39 is 10.8 Å². The van der Waals surface area contributed by atoms with E-state index in [1.165, 1.54) is 30.0 Å². The minimum Gasteiger partial charge on any atom is -0.366 e. The molecule has 0 atom stereocenters. The number of nitro groups is 1. The Morgan fingerprint density at radius 1 is 1.32 bits per heavy atom. The Bertz CT molecular complexity index is 1000. The van der Waals surface area contributed by atoms with Crippen molar-refractivity contribution in [2.45, 2.75) is 24.8 Å². The van der Waals surface area contributed by atoms with Gasteiger partial charge in [-0.25, -0.2) is 9.50 Å². The summed E-state index contributed by atoms with van der Waals surface area (Å²) in [6.07, 6.45) is 0. The van der Waals surface area contributed by atoms with Crippen molar-refractivity contribution < 1.29 is 9.72 Å². The summed E-state index contributed by atoms with van der Waals surface area (Å²) in [7, 11) is 0. The van der Waals surface area contributed by atoms with Crippen molar-refractivity contribution in [2.24, 2.45) is 5.73 Å². The standard InChI is InChI=1S/C15H14N6O3S/c1-8-5-9(2)20-14(17-8)18-15(19-20)25-7-11-4-3-10(13(16)22)6-12(11)21(23)24/h3-6H,7H2,1-2H3,(H2,16,22). The minimum absolute atomic E-state index is 0.0987. The second-order valence-corrected chi connectivity index (χ2v) is 6.34. The fraction of sp³-hybridized carbons (Fsp3) is 0.200. The van der Waals surface area contributed by atoms with Crippen LogP contribution in [0.1, 0.15) is 27.3 Å². The lowest BCUT2D eigenvalue weighted by Crippen LogP contribution is -2.11. The summed E-state index contributed by atoms with van der Waals surface area (Å²) in [5.74, 6) is 0.0596. The van der Waals surface area contributed by atoms with Gasteiger partial charge in [-0.05, 0) is 26.0 Å². The van der Waals surface area contributed by atoms with Crippen LogP contribution in [0.25, 0.3) is 5.78 Å². The SMILES string of the molecule is Cc1cc(C)n2nc(SCc3ccc(C(N)=O)cc3[N+](=O)[O-])nc2n1. The lowest BCUT2D eigenvalue weighted by atomic mass is 10.1. The van der Waals surface area contributed by atoms with Gasteiger partial charge in [0.05, 0.1) is 4.92 Å². The number of aromatic nitrogens is 4. The number of nitrogens with zero attached hydrogens (tertiary/aromatic N) is 5. The maximum absolute atomic E-state index is 11.2. The van der Waals surface area contributed by atoms with Crippen molar-refractivity contribution in [3.05, 3.63) is 56.9 Å². The number of aryl methyl sites for hydroxylation is 2. The van der Waals surface area contributed by atoms with Gasteiger partial charge in [0.1, 0.15) is 0 Å². The van der Waals surface area contributed by atoms with Gasteiger partial charge in [-0.2, -0.15) is 4.98 Å². The zero-order chi connectivity index (χ0) is 18.1. The number of fused-ring (bicyclic) bond motifs is 1. The lowest BCUT2D eigenvalue weighted by Gasteiger charge is -2.03. The molecule has 2 heterocycles.